The van der Waals surface area contributed by atoms with E-state index in [0.29, 0.717) is 10.7 Å². The van der Waals surface area contributed by atoms with Crippen molar-refractivity contribution < 1.29 is 4.52 Å². The van der Waals surface area contributed by atoms with Gasteiger partial charge in [0, 0.05) is 11.6 Å². The summed E-state index contributed by atoms with van der Waals surface area (Å²) in [6.45, 7) is 0. The predicted octanol–water partition coefficient (Wildman–Crippen LogP) is 2.58. The Balaban J connectivity index is 2.49. The first-order valence-electron chi connectivity index (χ1n) is 3.73. The summed E-state index contributed by atoms with van der Waals surface area (Å²) in [7, 11) is 0. The molecule has 1 aromatic heterocycles. The van der Waals surface area contributed by atoms with Crippen molar-refractivity contribution in [3.8, 4) is 11.3 Å². The van der Waals surface area contributed by atoms with Gasteiger partial charge in [-0.1, -0.05) is 22.8 Å². The van der Waals surface area contributed by atoms with Crippen LogP contribution < -0.4 is 5.73 Å². The van der Waals surface area contributed by atoms with Crippen LogP contribution in [-0.2, 0) is 0 Å². The van der Waals surface area contributed by atoms with Crippen LogP contribution >= 0.6 is 11.6 Å². The van der Waals surface area contributed by atoms with Gasteiger partial charge in [0.05, 0.1) is 10.7 Å². The van der Waals surface area contributed by atoms with Crippen molar-refractivity contribution >= 4 is 17.3 Å². The fourth-order valence-corrected chi connectivity index (χ4v) is 1.18. The molecule has 4 heteroatoms. The van der Waals surface area contributed by atoms with Crippen molar-refractivity contribution in [2.24, 2.45) is 0 Å². The zero-order chi connectivity index (χ0) is 9.26. The largest absolute Gasteiger partial charge is 0.398 e. The summed E-state index contributed by atoms with van der Waals surface area (Å²) in [5.74, 6) is 0. The molecule has 66 valence electrons. The number of nitrogens with zero attached hydrogens (tertiary/aromatic N) is 1. The van der Waals surface area contributed by atoms with E-state index in [9.17, 15) is 0 Å². The number of nitrogens with two attached hydrogens (primary N) is 1. The van der Waals surface area contributed by atoms with Gasteiger partial charge in [-0.05, 0) is 12.1 Å². The van der Waals surface area contributed by atoms with Gasteiger partial charge >= 0.3 is 0 Å². The second-order valence-corrected chi connectivity index (χ2v) is 3.03. The molecule has 0 fully saturated rings. The summed E-state index contributed by atoms with van der Waals surface area (Å²) in [4.78, 5) is 0. The number of rotatable bonds is 1. The maximum atomic E-state index is 5.77. The molecule has 0 saturated heterocycles. The summed E-state index contributed by atoms with van der Waals surface area (Å²) in [6.07, 6.45) is 1.51. The van der Waals surface area contributed by atoms with Crippen molar-refractivity contribution in [3.05, 3.63) is 35.6 Å². The summed E-state index contributed by atoms with van der Waals surface area (Å²) in [5.41, 5.74) is 7.83. The summed E-state index contributed by atoms with van der Waals surface area (Å²) in [5, 5.41) is 4.33. The summed E-state index contributed by atoms with van der Waals surface area (Å²) < 4.78 is 4.72. The second-order valence-electron chi connectivity index (χ2n) is 2.62. The van der Waals surface area contributed by atoms with E-state index in [2.05, 4.69) is 5.16 Å². The van der Waals surface area contributed by atoms with E-state index >= 15 is 0 Å². The number of benzene rings is 1. The lowest BCUT2D eigenvalue weighted by Gasteiger charge is -1.99. The Hall–Kier alpha value is -1.48. The zero-order valence-corrected chi connectivity index (χ0v) is 7.45. The molecule has 0 amide bonds. The molecule has 1 heterocycles. The Kier molecular flexibility index (Phi) is 1.94. The molecule has 2 N–H and O–H groups in total. The molecular weight excluding hydrogens is 188 g/mol. The fourth-order valence-electron chi connectivity index (χ4n) is 1.06. The number of aromatic nitrogens is 1. The van der Waals surface area contributed by atoms with E-state index in [1.54, 1.807) is 18.2 Å². The zero-order valence-electron chi connectivity index (χ0n) is 6.70. The minimum atomic E-state index is 0.544. The van der Waals surface area contributed by atoms with Crippen LogP contribution in [0.15, 0.2) is 35.1 Å². The van der Waals surface area contributed by atoms with E-state index in [0.717, 1.165) is 11.3 Å². The van der Waals surface area contributed by atoms with Crippen LogP contribution in [0.25, 0.3) is 11.3 Å². The lowest BCUT2D eigenvalue weighted by atomic mass is 10.1. The Labute approximate surface area is 80.1 Å². The number of nitrogen functional groups attached to an aromatic ring is 1. The normalized spacial score (nSPS) is 10.2. The number of hydrogen-bond donors (Lipinski definition) is 1. The van der Waals surface area contributed by atoms with Crippen LogP contribution in [0.5, 0.6) is 0 Å². The van der Waals surface area contributed by atoms with Crippen LogP contribution in [0.1, 0.15) is 0 Å². The van der Waals surface area contributed by atoms with Crippen LogP contribution in [-0.4, -0.2) is 5.16 Å². The smallest absolute Gasteiger partial charge is 0.124 e. The average molecular weight is 195 g/mol. The standard InChI is InChI=1S/C9H7ClN2O/c10-7-2-1-6(5-8(7)11)9-3-4-13-12-9/h1-5H,11H2. The molecule has 0 saturated carbocycles. The van der Waals surface area contributed by atoms with Gasteiger partial charge in [-0.3, -0.25) is 0 Å². The minimum absolute atomic E-state index is 0.544. The van der Waals surface area contributed by atoms with E-state index < -0.39 is 0 Å². The maximum Gasteiger partial charge on any atom is 0.124 e. The molecule has 0 radical (unpaired) electrons. The van der Waals surface area contributed by atoms with Crippen molar-refractivity contribution in [1.29, 1.82) is 0 Å². The fraction of sp³-hybridized carbons (Fsp3) is 0. The van der Waals surface area contributed by atoms with Crippen molar-refractivity contribution in [2.75, 3.05) is 5.73 Å². The first kappa shape index (κ1) is 8.13. The lowest BCUT2D eigenvalue weighted by Crippen LogP contribution is -1.87. The molecule has 0 aliphatic carbocycles. The van der Waals surface area contributed by atoms with Crippen molar-refractivity contribution in [3.63, 3.8) is 0 Å². The minimum Gasteiger partial charge on any atom is -0.398 e. The molecule has 0 aliphatic heterocycles. The highest BCUT2D eigenvalue weighted by Crippen LogP contribution is 2.25. The quantitative estimate of drug-likeness (QED) is 0.710. The first-order valence-corrected chi connectivity index (χ1v) is 4.11. The molecule has 0 spiro atoms. The van der Waals surface area contributed by atoms with Gasteiger partial charge in [0.1, 0.15) is 12.0 Å². The van der Waals surface area contributed by atoms with E-state index in [-0.39, 0.29) is 0 Å². The third kappa shape index (κ3) is 1.51. The van der Waals surface area contributed by atoms with Gasteiger partial charge < -0.3 is 10.3 Å². The second kappa shape index (κ2) is 3.11. The Morgan fingerprint density at radius 1 is 1.31 bits per heavy atom. The van der Waals surface area contributed by atoms with Gasteiger partial charge in [-0.15, -0.1) is 0 Å². The van der Waals surface area contributed by atoms with Gasteiger partial charge in [-0.2, -0.15) is 0 Å². The van der Waals surface area contributed by atoms with Gasteiger partial charge in [0.25, 0.3) is 0 Å². The molecule has 0 unspecified atom stereocenters. The molecule has 2 rings (SSSR count). The molecule has 2 aromatic rings. The first-order chi connectivity index (χ1) is 6.27. The van der Waals surface area contributed by atoms with Crippen LogP contribution in [0, 0.1) is 0 Å². The highest BCUT2D eigenvalue weighted by Gasteiger charge is 2.02. The topological polar surface area (TPSA) is 52.0 Å². The maximum absolute atomic E-state index is 5.77. The summed E-state index contributed by atoms with van der Waals surface area (Å²) >= 11 is 5.77. The predicted molar refractivity (Wildman–Crippen MR) is 51.4 cm³/mol. The third-order valence-corrected chi connectivity index (χ3v) is 2.07. The van der Waals surface area contributed by atoms with Gasteiger partial charge in [0.2, 0.25) is 0 Å². The monoisotopic (exact) mass is 194 g/mol. The average Bonchev–Trinajstić information content (AvgIpc) is 2.62. The molecule has 0 atom stereocenters. The molecule has 13 heavy (non-hydrogen) atoms. The number of anilines is 1. The molecule has 0 bridgehead atoms. The molecule has 3 nitrogen and oxygen atoms in total. The highest BCUT2D eigenvalue weighted by atomic mass is 35.5. The van der Waals surface area contributed by atoms with Crippen LogP contribution in [0.2, 0.25) is 5.02 Å². The van der Waals surface area contributed by atoms with Crippen molar-refractivity contribution in [2.45, 2.75) is 0 Å². The Morgan fingerprint density at radius 3 is 2.77 bits per heavy atom. The Morgan fingerprint density at radius 2 is 2.15 bits per heavy atom. The summed E-state index contributed by atoms with van der Waals surface area (Å²) in [6, 6.07) is 7.11. The van der Waals surface area contributed by atoms with Gasteiger partial charge in [-0.25, -0.2) is 0 Å². The van der Waals surface area contributed by atoms with Crippen LogP contribution in [0.3, 0.4) is 0 Å². The molecule has 1 aromatic carbocycles. The van der Waals surface area contributed by atoms with Crippen LogP contribution in [0.4, 0.5) is 5.69 Å². The SMILES string of the molecule is Nc1cc(-c2ccon2)ccc1Cl. The van der Waals surface area contributed by atoms with Crippen molar-refractivity contribution in [1.82, 2.24) is 5.16 Å². The molecular formula is C9H7ClN2O. The van der Waals surface area contributed by atoms with E-state index in [4.69, 9.17) is 21.9 Å². The van der Waals surface area contributed by atoms with E-state index in [1.807, 2.05) is 6.07 Å². The van der Waals surface area contributed by atoms with Gasteiger partial charge in [0.15, 0.2) is 0 Å². The number of hydrogen-bond acceptors (Lipinski definition) is 3. The third-order valence-electron chi connectivity index (χ3n) is 1.73. The Bertz CT molecular complexity index is 412. The van der Waals surface area contributed by atoms with E-state index in [1.165, 1.54) is 6.26 Å². The lowest BCUT2D eigenvalue weighted by molar-refractivity contribution is 0.422. The molecule has 0 aliphatic rings. The number of halogens is 1. The highest BCUT2D eigenvalue weighted by molar-refractivity contribution is 6.33.